The number of carbonyl (C=O) groups is 1. The predicted octanol–water partition coefficient (Wildman–Crippen LogP) is 1.60. The molecule has 1 aliphatic heterocycles. The average Bonchev–Trinajstić information content (AvgIpc) is 2.37. The summed E-state index contributed by atoms with van der Waals surface area (Å²) in [6.07, 6.45) is 5.93. The summed E-state index contributed by atoms with van der Waals surface area (Å²) in [5, 5.41) is 0. The summed E-state index contributed by atoms with van der Waals surface area (Å²) in [6.45, 7) is 1.74. The molecule has 0 aromatic heterocycles. The lowest BCUT2D eigenvalue weighted by Crippen LogP contribution is -2.26. The summed E-state index contributed by atoms with van der Waals surface area (Å²) in [6, 6.07) is 0. The third-order valence-electron chi connectivity index (χ3n) is 1.71. The first kappa shape index (κ1) is 9.03. The molecule has 0 unspecified atom stereocenters. The summed E-state index contributed by atoms with van der Waals surface area (Å²) in [5.41, 5.74) is 0. The third kappa shape index (κ3) is 2.81. The van der Waals surface area contributed by atoms with Crippen LogP contribution in [0.1, 0.15) is 12.8 Å². The van der Waals surface area contributed by atoms with Crippen LogP contribution >= 0.6 is 22.6 Å². The topological polar surface area (TPSA) is 20.3 Å². The van der Waals surface area contributed by atoms with Crippen molar-refractivity contribution in [2.45, 2.75) is 12.8 Å². The zero-order valence-electron chi connectivity index (χ0n) is 6.42. The van der Waals surface area contributed by atoms with Crippen LogP contribution in [0.3, 0.4) is 0 Å². The van der Waals surface area contributed by atoms with Gasteiger partial charge in [-0.2, -0.15) is 0 Å². The minimum Gasteiger partial charge on any atom is -0.335 e. The largest absolute Gasteiger partial charge is 0.335 e. The summed E-state index contributed by atoms with van der Waals surface area (Å²) in [5.74, 6) is 0.179. The van der Waals surface area contributed by atoms with Crippen LogP contribution in [-0.4, -0.2) is 28.3 Å². The van der Waals surface area contributed by atoms with Gasteiger partial charge in [-0.1, -0.05) is 28.7 Å². The van der Waals surface area contributed by atoms with E-state index in [4.69, 9.17) is 0 Å². The second-order valence-electron chi connectivity index (χ2n) is 2.58. The fourth-order valence-electron chi connectivity index (χ4n) is 1.07. The molecule has 0 N–H and O–H groups in total. The van der Waals surface area contributed by atoms with E-state index in [0.717, 1.165) is 19.5 Å². The average molecular weight is 265 g/mol. The Bertz CT molecular complexity index is 167. The summed E-state index contributed by atoms with van der Waals surface area (Å²) in [4.78, 5) is 12.9. The lowest BCUT2D eigenvalue weighted by molar-refractivity contribution is -0.124. The van der Waals surface area contributed by atoms with Crippen LogP contribution in [-0.2, 0) is 4.79 Å². The molecule has 62 valence electrons. The molecule has 11 heavy (non-hydrogen) atoms. The highest BCUT2D eigenvalue weighted by Gasteiger charge is 2.12. The van der Waals surface area contributed by atoms with Gasteiger partial charge < -0.3 is 4.90 Å². The molecule has 0 saturated heterocycles. The van der Waals surface area contributed by atoms with Crippen molar-refractivity contribution in [2.24, 2.45) is 0 Å². The van der Waals surface area contributed by atoms with E-state index in [1.54, 1.807) is 6.08 Å². The Morgan fingerprint density at radius 2 is 2.36 bits per heavy atom. The Labute approximate surface area is 80.8 Å². The van der Waals surface area contributed by atoms with E-state index in [-0.39, 0.29) is 5.91 Å². The Hall–Kier alpha value is -0.0600. The molecule has 1 aliphatic rings. The number of hydrogen-bond donors (Lipinski definition) is 0. The number of nitrogens with zero attached hydrogens (tertiary/aromatic N) is 1. The van der Waals surface area contributed by atoms with Crippen LogP contribution in [0.25, 0.3) is 0 Å². The fourth-order valence-corrected chi connectivity index (χ4v) is 1.61. The molecular weight excluding hydrogens is 253 g/mol. The van der Waals surface area contributed by atoms with E-state index < -0.39 is 0 Å². The molecule has 0 aromatic rings. The van der Waals surface area contributed by atoms with Gasteiger partial charge in [-0.05, 0) is 17.3 Å². The van der Waals surface area contributed by atoms with Gasteiger partial charge in [0, 0.05) is 19.2 Å². The van der Waals surface area contributed by atoms with Gasteiger partial charge in [-0.3, -0.25) is 4.79 Å². The zero-order chi connectivity index (χ0) is 8.10. The number of unbranched alkanes of at least 4 members (excludes halogenated alkanes) is 1. The quantitative estimate of drug-likeness (QED) is 0.429. The lowest BCUT2D eigenvalue weighted by Gasteiger charge is -2.14. The second-order valence-corrected chi connectivity index (χ2v) is 3.66. The predicted molar refractivity (Wildman–Crippen MR) is 53.8 cm³/mol. The molecular formula is C8H12INO. The Balaban J connectivity index is 2.13. The highest BCUT2D eigenvalue weighted by atomic mass is 127. The first-order valence-corrected chi connectivity index (χ1v) is 5.38. The van der Waals surface area contributed by atoms with Crippen molar-refractivity contribution in [2.75, 3.05) is 17.5 Å². The van der Waals surface area contributed by atoms with Crippen molar-refractivity contribution >= 4 is 28.5 Å². The Morgan fingerprint density at radius 3 is 2.91 bits per heavy atom. The van der Waals surface area contributed by atoms with Crippen LogP contribution in [0.2, 0.25) is 0 Å². The molecule has 0 spiro atoms. The van der Waals surface area contributed by atoms with Crippen molar-refractivity contribution in [3.8, 4) is 0 Å². The summed E-state index contributed by atoms with van der Waals surface area (Å²) >= 11 is 2.36. The van der Waals surface area contributed by atoms with Crippen LogP contribution in [0.5, 0.6) is 0 Å². The number of rotatable bonds is 4. The zero-order valence-corrected chi connectivity index (χ0v) is 8.58. The number of amides is 1. The molecule has 0 radical (unpaired) electrons. The monoisotopic (exact) mass is 265 g/mol. The molecule has 0 aromatic carbocycles. The van der Waals surface area contributed by atoms with E-state index in [2.05, 4.69) is 22.6 Å². The second kappa shape index (κ2) is 4.74. The van der Waals surface area contributed by atoms with Crippen molar-refractivity contribution in [3.63, 3.8) is 0 Å². The summed E-state index contributed by atoms with van der Waals surface area (Å²) < 4.78 is 1.19. The molecule has 3 heteroatoms. The number of halogens is 1. The van der Waals surface area contributed by atoms with Gasteiger partial charge in [-0.15, -0.1) is 0 Å². The first-order chi connectivity index (χ1) is 5.34. The number of hydrogen-bond acceptors (Lipinski definition) is 1. The Kier molecular flexibility index (Phi) is 3.90. The van der Waals surface area contributed by atoms with Gasteiger partial charge in [0.25, 0.3) is 0 Å². The smallest absolute Gasteiger partial charge is 0.246 e. The van der Waals surface area contributed by atoms with Crippen molar-refractivity contribution in [3.05, 3.63) is 12.2 Å². The first-order valence-electron chi connectivity index (χ1n) is 3.86. The highest BCUT2D eigenvalue weighted by Crippen LogP contribution is 2.04. The molecule has 0 fully saturated rings. The maximum Gasteiger partial charge on any atom is 0.246 e. The van der Waals surface area contributed by atoms with Gasteiger partial charge in [0.1, 0.15) is 0 Å². The van der Waals surface area contributed by atoms with Gasteiger partial charge in [-0.25, -0.2) is 0 Å². The maximum absolute atomic E-state index is 11.0. The van der Waals surface area contributed by atoms with Crippen molar-refractivity contribution in [1.29, 1.82) is 0 Å². The van der Waals surface area contributed by atoms with Crippen molar-refractivity contribution in [1.82, 2.24) is 4.90 Å². The van der Waals surface area contributed by atoms with Crippen LogP contribution in [0.4, 0.5) is 0 Å². The number of alkyl halides is 1. The van der Waals surface area contributed by atoms with E-state index in [0.29, 0.717) is 0 Å². The fraction of sp³-hybridized carbons (Fsp3) is 0.625. The SMILES string of the molecule is O=C1C=CCN1CCCCI. The Morgan fingerprint density at radius 1 is 1.55 bits per heavy atom. The molecule has 1 amide bonds. The van der Waals surface area contributed by atoms with Crippen LogP contribution < -0.4 is 0 Å². The minimum atomic E-state index is 0.179. The summed E-state index contributed by atoms with van der Waals surface area (Å²) in [7, 11) is 0. The minimum absolute atomic E-state index is 0.179. The number of carbonyl (C=O) groups excluding carboxylic acids is 1. The molecule has 2 nitrogen and oxygen atoms in total. The van der Waals surface area contributed by atoms with E-state index >= 15 is 0 Å². The highest BCUT2D eigenvalue weighted by molar-refractivity contribution is 14.1. The molecule has 0 aliphatic carbocycles. The molecule has 0 bridgehead atoms. The molecule has 1 rings (SSSR count). The third-order valence-corrected chi connectivity index (χ3v) is 2.47. The molecule has 1 heterocycles. The van der Waals surface area contributed by atoms with Crippen LogP contribution in [0, 0.1) is 0 Å². The van der Waals surface area contributed by atoms with Gasteiger partial charge in [0.2, 0.25) is 5.91 Å². The van der Waals surface area contributed by atoms with Gasteiger partial charge in [0.05, 0.1) is 0 Å². The lowest BCUT2D eigenvalue weighted by atomic mass is 10.3. The van der Waals surface area contributed by atoms with E-state index in [1.807, 2.05) is 11.0 Å². The van der Waals surface area contributed by atoms with E-state index in [1.165, 1.54) is 10.8 Å². The van der Waals surface area contributed by atoms with Crippen molar-refractivity contribution < 1.29 is 4.79 Å². The maximum atomic E-state index is 11.0. The van der Waals surface area contributed by atoms with Gasteiger partial charge >= 0.3 is 0 Å². The van der Waals surface area contributed by atoms with Crippen LogP contribution in [0.15, 0.2) is 12.2 Å². The standard InChI is InChI=1S/C8H12INO/c9-5-1-2-6-10-7-3-4-8(10)11/h3-4H,1-2,5-7H2. The molecule has 0 saturated carbocycles. The van der Waals surface area contributed by atoms with E-state index in [9.17, 15) is 4.79 Å². The van der Waals surface area contributed by atoms with Gasteiger partial charge in [0.15, 0.2) is 0 Å². The normalized spacial score (nSPS) is 16.5. The molecule has 0 atom stereocenters.